The molecule has 5 heteroatoms. The molecular weight excluding hydrogens is 282 g/mol. The third-order valence-corrected chi connectivity index (χ3v) is 3.93. The van der Waals surface area contributed by atoms with Crippen LogP contribution in [-0.2, 0) is 4.74 Å². The van der Waals surface area contributed by atoms with Crippen LogP contribution in [-0.4, -0.2) is 36.8 Å². The van der Waals surface area contributed by atoms with Crippen LogP contribution in [0.3, 0.4) is 0 Å². The highest BCUT2D eigenvalue weighted by atomic mass is 79.9. The number of rotatable bonds is 2. The Bertz CT molecular complexity index is 399. The minimum atomic E-state index is 0.108. The zero-order valence-electron chi connectivity index (χ0n) is 10.2. The van der Waals surface area contributed by atoms with Gasteiger partial charge in [-0.15, -0.1) is 0 Å². The second-order valence-corrected chi connectivity index (χ2v) is 5.34. The summed E-state index contributed by atoms with van der Waals surface area (Å²) in [5, 5.41) is 0. The zero-order valence-corrected chi connectivity index (χ0v) is 11.8. The first-order chi connectivity index (χ1) is 8.11. The van der Waals surface area contributed by atoms with Crippen LogP contribution in [0, 0.1) is 6.92 Å². The van der Waals surface area contributed by atoms with E-state index >= 15 is 0 Å². The lowest BCUT2D eigenvalue weighted by Gasteiger charge is -2.38. The first kappa shape index (κ1) is 12.8. The molecule has 1 fully saturated rings. The summed E-state index contributed by atoms with van der Waals surface area (Å²) in [6, 6.07) is 2.44. The highest BCUT2D eigenvalue weighted by Crippen LogP contribution is 2.23. The normalized spacial score (nSPS) is 25.1. The SMILES string of the molecule is Cc1cc(N2CC(CN)OCC2C)ncc1Br. The molecule has 2 rings (SSSR count). The van der Waals surface area contributed by atoms with Crippen molar-refractivity contribution in [2.75, 3.05) is 24.6 Å². The molecular formula is C12H18BrN3O. The molecule has 2 atom stereocenters. The number of ether oxygens (including phenoxy) is 1. The maximum Gasteiger partial charge on any atom is 0.129 e. The predicted octanol–water partition coefficient (Wildman–Crippen LogP) is 1.70. The second-order valence-electron chi connectivity index (χ2n) is 4.48. The molecule has 1 aliphatic rings. The molecule has 0 aromatic carbocycles. The van der Waals surface area contributed by atoms with Crippen molar-refractivity contribution in [1.82, 2.24) is 4.98 Å². The van der Waals surface area contributed by atoms with Crippen LogP contribution in [0.25, 0.3) is 0 Å². The molecule has 2 heterocycles. The van der Waals surface area contributed by atoms with Crippen LogP contribution in [0.4, 0.5) is 5.82 Å². The number of aryl methyl sites for hydroxylation is 1. The molecule has 0 aliphatic carbocycles. The number of anilines is 1. The third kappa shape index (κ3) is 2.78. The van der Waals surface area contributed by atoms with Gasteiger partial charge in [-0.1, -0.05) is 0 Å². The van der Waals surface area contributed by atoms with E-state index in [1.165, 1.54) is 5.56 Å². The molecule has 4 nitrogen and oxygen atoms in total. The fourth-order valence-corrected chi connectivity index (χ4v) is 2.18. The quantitative estimate of drug-likeness (QED) is 0.903. The van der Waals surface area contributed by atoms with Gasteiger partial charge in [0.05, 0.1) is 18.8 Å². The van der Waals surface area contributed by atoms with Crippen LogP contribution >= 0.6 is 15.9 Å². The van der Waals surface area contributed by atoms with Crippen LogP contribution in [0.15, 0.2) is 16.7 Å². The number of pyridine rings is 1. The molecule has 94 valence electrons. The van der Waals surface area contributed by atoms with E-state index in [0.717, 1.165) is 16.8 Å². The van der Waals surface area contributed by atoms with E-state index in [1.807, 2.05) is 6.20 Å². The Balaban J connectivity index is 2.21. The van der Waals surface area contributed by atoms with Gasteiger partial charge in [0.1, 0.15) is 5.82 Å². The monoisotopic (exact) mass is 299 g/mol. The Morgan fingerprint density at radius 1 is 1.65 bits per heavy atom. The lowest BCUT2D eigenvalue weighted by Crippen LogP contribution is -2.51. The van der Waals surface area contributed by atoms with Gasteiger partial charge in [0, 0.05) is 23.8 Å². The average molecular weight is 300 g/mol. The molecule has 0 spiro atoms. The summed E-state index contributed by atoms with van der Waals surface area (Å²) in [5.74, 6) is 1.000. The van der Waals surface area contributed by atoms with E-state index in [4.69, 9.17) is 10.5 Å². The molecule has 1 aromatic rings. The topological polar surface area (TPSA) is 51.4 Å². The first-order valence-electron chi connectivity index (χ1n) is 5.82. The van der Waals surface area contributed by atoms with Crippen LogP contribution in [0.1, 0.15) is 12.5 Å². The fraction of sp³-hybridized carbons (Fsp3) is 0.583. The Kier molecular flexibility index (Phi) is 4.01. The van der Waals surface area contributed by atoms with Crippen LogP contribution in [0.2, 0.25) is 0 Å². The summed E-state index contributed by atoms with van der Waals surface area (Å²) in [6.45, 7) is 6.29. The van der Waals surface area contributed by atoms with Gasteiger partial charge in [-0.05, 0) is 41.4 Å². The number of aromatic nitrogens is 1. The van der Waals surface area contributed by atoms with Crippen molar-refractivity contribution in [2.45, 2.75) is 26.0 Å². The highest BCUT2D eigenvalue weighted by Gasteiger charge is 2.26. The van der Waals surface area contributed by atoms with Crippen molar-refractivity contribution in [3.63, 3.8) is 0 Å². The largest absolute Gasteiger partial charge is 0.373 e. The molecule has 17 heavy (non-hydrogen) atoms. The molecule has 2 N–H and O–H groups in total. The summed E-state index contributed by atoms with van der Waals surface area (Å²) < 4.78 is 6.68. The lowest BCUT2D eigenvalue weighted by molar-refractivity contribution is 0.0280. The van der Waals surface area contributed by atoms with Gasteiger partial charge < -0.3 is 15.4 Å². The highest BCUT2D eigenvalue weighted by molar-refractivity contribution is 9.10. The maximum absolute atomic E-state index is 5.66. The summed E-state index contributed by atoms with van der Waals surface area (Å²) >= 11 is 3.47. The Labute approximate surface area is 110 Å². The predicted molar refractivity (Wildman–Crippen MR) is 72.3 cm³/mol. The van der Waals surface area contributed by atoms with Gasteiger partial charge in [-0.3, -0.25) is 0 Å². The van der Waals surface area contributed by atoms with Crippen molar-refractivity contribution in [3.05, 3.63) is 22.3 Å². The van der Waals surface area contributed by atoms with E-state index < -0.39 is 0 Å². The lowest BCUT2D eigenvalue weighted by atomic mass is 10.2. The molecule has 1 saturated heterocycles. The number of halogens is 1. The molecule has 0 amide bonds. The standard InChI is InChI=1S/C12H18BrN3O/c1-8-3-12(15-5-11(8)13)16-6-10(4-14)17-7-9(16)2/h3,5,9-10H,4,6-7,14H2,1-2H3. The number of nitrogens with two attached hydrogens (primary N) is 1. The third-order valence-electron chi connectivity index (χ3n) is 3.10. The van der Waals surface area contributed by atoms with Crippen molar-refractivity contribution >= 4 is 21.7 Å². The molecule has 2 unspecified atom stereocenters. The van der Waals surface area contributed by atoms with Crippen molar-refractivity contribution < 1.29 is 4.74 Å². The van der Waals surface area contributed by atoms with Crippen LogP contribution < -0.4 is 10.6 Å². The second kappa shape index (κ2) is 5.33. The zero-order chi connectivity index (χ0) is 12.4. The average Bonchev–Trinajstić information content (AvgIpc) is 2.33. The molecule has 0 saturated carbocycles. The Hall–Kier alpha value is -0.650. The van der Waals surface area contributed by atoms with Crippen LogP contribution in [0.5, 0.6) is 0 Å². The van der Waals surface area contributed by atoms with E-state index in [1.54, 1.807) is 0 Å². The van der Waals surface area contributed by atoms with Crippen molar-refractivity contribution in [2.24, 2.45) is 5.73 Å². The Morgan fingerprint density at radius 3 is 3.06 bits per heavy atom. The summed E-state index contributed by atoms with van der Waals surface area (Å²) in [6.07, 6.45) is 1.96. The minimum Gasteiger partial charge on any atom is -0.373 e. The minimum absolute atomic E-state index is 0.108. The molecule has 0 radical (unpaired) electrons. The molecule has 1 aromatic heterocycles. The van der Waals surface area contributed by atoms with E-state index in [9.17, 15) is 0 Å². The smallest absolute Gasteiger partial charge is 0.129 e. The first-order valence-corrected chi connectivity index (χ1v) is 6.61. The number of nitrogens with zero attached hydrogens (tertiary/aromatic N) is 2. The number of hydrogen-bond acceptors (Lipinski definition) is 4. The Morgan fingerprint density at radius 2 is 2.41 bits per heavy atom. The molecule has 1 aliphatic heterocycles. The fourth-order valence-electron chi connectivity index (χ4n) is 1.96. The van der Waals surface area contributed by atoms with E-state index in [2.05, 4.69) is 45.7 Å². The number of morpholine rings is 1. The van der Waals surface area contributed by atoms with Gasteiger partial charge in [0.2, 0.25) is 0 Å². The maximum atomic E-state index is 5.66. The summed E-state index contributed by atoms with van der Waals surface area (Å²) in [5.41, 5.74) is 6.86. The molecule has 0 bridgehead atoms. The van der Waals surface area contributed by atoms with Crippen molar-refractivity contribution in [3.8, 4) is 0 Å². The summed E-state index contributed by atoms with van der Waals surface area (Å²) in [4.78, 5) is 6.73. The summed E-state index contributed by atoms with van der Waals surface area (Å²) in [7, 11) is 0. The van der Waals surface area contributed by atoms with E-state index in [0.29, 0.717) is 19.2 Å². The van der Waals surface area contributed by atoms with Gasteiger partial charge in [-0.25, -0.2) is 4.98 Å². The van der Waals surface area contributed by atoms with Gasteiger partial charge in [0.25, 0.3) is 0 Å². The van der Waals surface area contributed by atoms with Gasteiger partial charge in [0.15, 0.2) is 0 Å². The van der Waals surface area contributed by atoms with Gasteiger partial charge >= 0.3 is 0 Å². The van der Waals surface area contributed by atoms with E-state index in [-0.39, 0.29) is 6.10 Å². The van der Waals surface area contributed by atoms with Gasteiger partial charge in [-0.2, -0.15) is 0 Å². The number of hydrogen-bond donors (Lipinski definition) is 1. The van der Waals surface area contributed by atoms with Crippen molar-refractivity contribution in [1.29, 1.82) is 0 Å².